The van der Waals surface area contributed by atoms with Gasteiger partial charge in [-0.2, -0.15) is 0 Å². The molecule has 0 atom stereocenters. The van der Waals surface area contributed by atoms with Crippen LogP contribution in [-0.4, -0.2) is 4.98 Å². The topological polar surface area (TPSA) is 12.9 Å². The number of nitrogens with zero attached hydrogens (tertiary/aromatic N) is 1. The van der Waals surface area contributed by atoms with E-state index in [2.05, 4.69) is 30.1 Å². The summed E-state index contributed by atoms with van der Waals surface area (Å²) in [5.41, 5.74) is 2.00. The van der Waals surface area contributed by atoms with Gasteiger partial charge in [0.05, 0.1) is 10.5 Å². The molecule has 0 aliphatic carbocycles. The van der Waals surface area contributed by atoms with Crippen molar-refractivity contribution in [2.45, 2.75) is 13.3 Å². The van der Waals surface area contributed by atoms with Gasteiger partial charge in [0.15, 0.2) is 0 Å². The minimum absolute atomic E-state index is 0.712. The zero-order chi connectivity index (χ0) is 10.7. The fraction of sp³-hybridized carbons (Fsp3) is 0.154. The molecule has 15 heavy (non-hydrogen) atoms. The SMILES string of the molecule is CC/C=C/c1cc(Cl)c2ncccc2c1. The van der Waals surface area contributed by atoms with Crippen molar-refractivity contribution in [2.24, 2.45) is 0 Å². The van der Waals surface area contributed by atoms with Crippen LogP contribution in [-0.2, 0) is 0 Å². The third kappa shape index (κ3) is 2.18. The molecule has 0 saturated heterocycles. The highest BCUT2D eigenvalue weighted by Crippen LogP contribution is 2.23. The molecule has 2 rings (SSSR count). The summed E-state index contributed by atoms with van der Waals surface area (Å²) in [7, 11) is 0. The zero-order valence-electron chi connectivity index (χ0n) is 8.57. The lowest BCUT2D eigenvalue weighted by atomic mass is 10.1. The lowest BCUT2D eigenvalue weighted by Crippen LogP contribution is -1.81. The Hall–Kier alpha value is -1.34. The number of hydrogen-bond donors (Lipinski definition) is 0. The van der Waals surface area contributed by atoms with Crippen LogP contribution >= 0.6 is 11.6 Å². The van der Waals surface area contributed by atoms with Crippen molar-refractivity contribution < 1.29 is 0 Å². The summed E-state index contributed by atoms with van der Waals surface area (Å²) >= 11 is 6.14. The van der Waals surface area contributed by atoms with Gasteiger partial charge in [-0.15, -0.1) is 0 Å². The normalized spacial score (nSPS) is 11.3. The minimum atomic E-state index is 0.712. The summed E-state index contributed by atoms with van der Waals surface area (Å²) < 4.78 is 0. The molecule has 2 aromatic rings. The van der Waals surface area contributed by atoms with E-state index in [1.807, 2.05) is 18.2 Å². The Balaban J connectivity index is 2.57. The Morgan fingerprint density at radius 2 is 2.27 bits per heavy atom. The molecule has 1 nitrogen and oxygen atoms in total. The number of aromatic nitrogens is 1. The van der Waals surface area contributed by atoms with Gasteiger partial charge >= 0.3 is 0 Å². The van der Waals surface area contributed by atoms with E-state index in [4.69, 9.17) is 11.6 Å². The number of hydrogen-bond acceptors (Lipinski definition) is 1. The molecular weight excluding hydrogens is 206 g/mol. The van der Waals surface area contributed by atoms with Crippen LogP contribution in [0.2, 0.25) is 5.02 Å². The monoisotopic (exact) mass is 217 g/mol. The lowest BCUT2D eigenvalue weighted by molar-refractivity contribution is 1.23. The minimum Gasteiger partial charge on any atom is -0.255 e. The van der Waals surface area contributed by atoms with E-state index in [0.717, 1.165) is 22.9 Å². The molecule has 0 bridgehead atoms. The van der Waals surface area contributed by atoms with Gasteiger partial charge in [-0.25, -0.2) is 0 Å². The molecule has 0 fully saturated rings. The van der Waals surface area contributed by atoms with Gasteiger partial charge in [0, 0.05) is 11.6 Å². The van der Waals surface area contributed by atoms with E-state index in [9.17, 15) is 0 Å². The van der Waals surface area contributed by atoms with Gasteiger partial charge in [0.2, 0.25) is 0 Å². The molecule has 0 aliphatic rings. The van der Waals surface area contributed by atoms with Crippen molar-refractivity contribution >= 4 is 28.6 Å². The fourth-order valence-electron chi connectivity index (χ4n) is 1.52. The number of allylic oxidation sites excluding steroid dienone is 1. The van der Waals surface area contributed by atoms with E-state index in [1.165, 1.54) is 0 Å². The largest absolute Gasteiger partial charge is 0.255 e. The van der Waals surface area contributed by atoms with Crippen molar-refractivity contribution in [2.75, 3.05) is 0 Å². The molecule has 76 valence electrons. The first kappa shape index (κ1) is 10.2. The zero-order valence-corrected chi connectivity index (χ0v) is 9.33. The second kappa shape index (κ2) is 4.45. The van der Waals surface area contributed by atoms with Gasteiger partial charge in [-0.1, -0.05) is 36.7 Å². The Morgan fingerprint density at radius 3 is 3.07 bits per heavy atom. The molecule has 0 saturated carbocycles. The summed E-state index contributed by atoms with van der Waals surface area (Å²) in [6.45, 7) is 2.11. The molecule has 0 aliphatic heterocycles. The number of rotatable bonds is 2. The fourth-order valence-corrected chi connectivity index (χ4v) is 1.80. The molecule has 0 unspecified atom stereocenters. The van der Waals surface area contributed by atoms with E-state index < -0.39 is 0 Å². The van der Waals surface area contributed by atoms with E-state index in [-0.39, 0.29) is 0 Å². The summed E-state index contributed by atoms with van der Waals surface area (Å²) in [6.07, 6.45) is 6.99. The standard InChI is InChI=1S/C13H12ClN/c1-2-3-5-10-8-11-6-4-7-15-13(11)12(14)9-10/h3-9H,2H2,1H3/b5-3+. The maximum atomic E-state index is 6.14. The van der Waals surface area contributed by atoms with Gasteiger partial charge in [-0.05, 0) is 30.2 Å². The molecule has 0 spiro atoms. The van der Waals surface area contributed by atoms with Crippen LogP contribution in [0.5, 0.6) is 0 Å². The van der Waals surface area contributed by atoms with E-state index in [0.29, 0.717) is 5.02 Å². The average Bonchev–Trinajstić information content (AvgIpc) is 2.26. The van der Waals surface area contributed by atoms with Crippen LogP contribution < -0.4 is 0 Å². The molecule has 0 radical (unpaired) electrons. The summed E-state index contributed by atoms with van der Waals surface area (Å²) in [5.74, 6) is 0. The second-order valence-corrected chi connectivity index (χ2v) is 3.80. The first-order valence-corrected chi connectivity index (χ1v) is 5.40. The maximum Gasteiger partial charge on any atom is 0.0888 e. The molecule has 1 aromatic heterocycles. The Morgan fingerprint density at radius 1 is 1.40 bits per heavy atom. The highest BCUT2D eigenvalue weighted by Gasteiger charge is 2.00. The smallest absolute Gasteiger partial charge is 0.0888 e. The number of benzene rings is 1. The molecule has 1 heterocycles. The third-order valence-corrected chi connectivity index (χ3v) is 2.51. The first-order valence-electron chi connectivity index (χ1n) is 5.02. The number of halogens is 1. The first-order chi connectivity index (χ1) is 7.31. The van der Waals surface area contributed by atoms with E-state index in [1.54, 1.807) is 6.20 Å². The molecule has 1 aromatic carbocycles. The van der Waals surface area contributed by atoms with Gasteiger partial charge in [0.1, 0.15) is 0 Å². The summed E-state index contributed by atoms with van der Waals surface area (Å²) in [4.78, 5) is 4.25. The van der Waals surface area contributed by atoms with Gasteiger partial charge in [-0.3, -0.25) is 4.98 Å². The predicted molar refractivity (Wildman–Crippen MR) is 66.1 cm³/mol. The van der Waals surface area contributed by atoms with Crippen LogP contribution in [0.25, 0.3) is 17.0 Å². The van der Waals surface area contributed by atoms with E-state index >= 15 is 0 Å². The molecule has 0 N–H and O–H groups in total. The van der Waals surface area contributed by atoms with Crippen molar-refractivity contribution in [3.05, 3.63) is 47.1 Å². The lowest BCUT2D eigenvalue weighted by Gasteiger charge is -2.01. The van der Waals surface area contributed by atoms with Gasteiger partial charge < -0.3 is 0 Å². The summed E-state index contributed by atoms with van der Waals surface area (Å²) in [6, 6.07) is 7.99. The van der Waals surface area contributed by atoms with Crippen molar-refractivity contribution in [1.29, 1.82) is 0 Å². The average molecular weight is 218 g/mol. The van der Waals surface area contributed by atoms with Crippen LogP contribution in [0.4, 0.5) is 0 Å². The Kier molecular flexibility index (Phi) is 3.02. The van der Waals surface area contributed by atoms with Gasteiger partial charge in [0.25, 0.3) is 0 Å². The van der Waals surface area contributed by atoms with Crippen LogP contribution in [0.15, 0.2) is 36.5 Å². The second-order valence-electron chi connectivity index (χ2n) is 3.39. The maximum absolute atomic E-state index is 6.14. The van der Waals surface area contributed by atoms with Crippen LogP contribution in [0, 0.1) is 0 Å². The third-order valence-electron chi connectivity index (χ3n) is 2.23. The highest BCUT2D eigenvalue weighted by atomic mass is 35.5. The Bertz CT molecular complexity index is 503. The Labute approximate surface area is 94.4 Å². The quantitative estimate of drug-likeness (QED) is 0.731. The van der Waals surface area contributed by atoms with Crippen molar-refractivity contribution in [1.82, 2.24) is 4.98 Å². The molecular formula is C13H12ClN. The molecule has 0 amide bonds. The highest BCUT2D eigenvalue weighted by molar-refractivity contribution is 6.35. The van der Waals surface area contributed by atoms with Crippen molar-refractivity contribution in [3.63, 3.8) is 0 Å². The van der Waals surface area contributed by atoms with Crippen LogP contribution in [0.1, 0.15) is 18.9 Å². The van der Waals surface area contributed by atoms with Crippen LogP contribution in [0.3, 0.4) is 0 Å². The molecule has 2 heteroatoms. The predicted octanol–water partition coefficient (Wildman–Crippen LogP) is 4.31. The summed E-state index contributed by atoms with van der Waals surface area (Å²) in [5, 5.41) is 1.80. The number of fused-ring (bicyclic) bond motifs is 1. The number of pyridine rings is 1. The van der Waals surface area contributed by atoms with Crippen molar-refractivity contribution in [3.8, 4) is 0 Å².